The fraction of sp³-hybridized carbons (Fsp3) is 1.00. The summed E-state index contributed by atoms with van der Waals surface area (Å²) in [7, 11) is 3.57. The van der Waals surface area contributed by atoms with E-state index in [1.807, 2.05) is 0 Å². The van der Waals surface area contributed by atoms with Gasteiger partial charge >= 0.3 is 0 Å². The molecule has 4 heteroatoms. The van der Waals surface area contributed by atoms with Crippen LogP contribution < -0.4 is 5.32 Å². The predicted octanol–water partition coefficient (Wildman–Crippen LogP) is 0.968. The Kier molecular flexibility index (Phi) is 4.64. The number of rotatable bonds is 5. The van der Waals surface area contributed by atoms with E-state index in [9.17, 15) is 0 Å². The van der Waals surface area contributed by atoms with Gasteiger partial charge < -0.3 is 14.8 Å². The van der Waals surface area contributed by atoms with Gasteiger partial charge in [-0.2, -0.15) is 0 Å². The number of hydrogen-bond acceptors (Lipinski definition) is 4. The summed E-state index contributed by atoms with van der Waals surface area (Å²) in [5, 5.41) is 3.53. The summed E-state index contributed by atoms with van der Waals surface area (Å²) in [4.78, 5) is 2.52. The van der Waals surface area contributed by atoms with Gasteiger partial charge in [-0.05, 0) is 24.3 Å². The summed E-state index contributed by atoms with van der Waals surface area (Å²) in [6, 6.07) is 0. The molecule has 2 fully saturated rings. The fourth-order valence-corrected chi connectivity index (χ4v) is 3.42. The van der Waals surface area contributed by atoms with E-state index in [-0.39, 0.29) is 12.2 Å². The van der Waals surface area contributed by atoms with Gasteiger partial charge in [0.1, 0.15) is 0 Å². The van der Waals surface area contributed by atoms with Crippen LogP contribution in [0, 0.1) is 11.3 Å². The molecular formula is C14H28N2O2. The number of ether oxygens (including phenoxy) is 2. The lowest BCUT2D eigenvalue weighted by Gasteiger charge is -2.36. The molecule has 0 aliphatic carbocycles. The van der Waals surface area contributed by atoms with E-state index in [1.54, 1.807) is 14.2 Å². The quantitative estimate of drug-likeness (QED) is 0.795. The molecule has 4 nitrogen and oxygen atoms in total. The van der Waals surface area contributed by atoms with Gasteiger partial charge in [0.15, 0.2) is 0 Å². The second kappa shape index (κ2) is 5.87. The topological polar surface area (TPSA) is 33.7 Å². The molecule has 3 atom stereocenters. The molecule has 0 aromatic heterocycles. The van der Waals surface area contributed by atoms with Crippen molar-refractivity contribution in [2.45, 2.75) is 32.5 Å². The van der Waals surface area contributed by atoms with Crippen LogP contribution in [0.25, 0.3) is 0 Å². The van der Waals surface area contributed by atoms with Crippen molar-refractivity contribution in [3.63, 3.8) is 0 Å². The van der Waals surface area contributed by atoms with Crippen LogP contribution in [0.15, 0.2) is 0 Å². The highest BCUT2D eigenvalue weighted by Crippen LogP contribution is 2.36. The van der Waals surface area contributed by atoms with Gasteiger partial charge in [-0.25, -0.2) is 0 Å². The molecule has 2 aliphatic rings. The third kappa shape index (κ3) is 2.72. The lowest BCUT2D eigenvalue weighted by Crippen LogP contribution is -2.42. The van der Waals surface area contributed by atoms with E-state index >= 15 is 0 Å². The van der Waals surface area contributed by atoms with Crippen LogP contribution in [-0.2, 0) is 9.47 Å². The highest BCUT2D eigenvalue weighted by molar-refractivity contribution is 4.96. The lowest BCUT2D eigenvalue weighted by atomic mass is 9.76. The Morgan fingerprint density at radius 2 is 1.83 bits per heavy atom. The molecule has 106 valence electrons. The minimum atomic E-state index is 0.230. The van der Waals surface area contributed by atoms with Crippen LogP contribution in [0.2, 0.25) is 0 Å². The second-order valence-corrected chi connectivity index (χ2v) is 6.19. The van der Waals surface area contributed by atoms with Gasteiger partial charge in [-0.15, -0.1) is 0 Å². The zero-order valence-electron chi connectivity index (χ0n) is 12.2. The monoisotopic (exact) mass is 256 g/mol. The van der Waals surface area contributed by atoms with Crippen LogP contribution in [0.4, 0.5) is 0 Å². The van der Waals surface area contributed by atoms with E-state index in [1.165, 1.54) is 6.42 Å². The van der Waals surface area contributed by atoms with Crippen molar-refractivity contribution >= 4 is 0 Å². The number of likely N-dealkylation sites (tertiary alicyclic amines) is 1. The second-order valence-electron chi connectivity index (χ2n) is 6.19. The van der Waals surface area contributed by atoms with Crippen LogP contribution in [0.3, 0.4) is 0 Å². The molecule has 0 radical (unpaired) electrons. The van der Waals surface area contributed by atoms with E-state index in [0.29, 0.717) is 5.41 Å². The Morgan fingerprint density at radius 3 is 2.22 bits per heavy atom. The molecule has 0 amide bonds. The van der Waals surface area contributed by atoms with Gasteiger partial charge in [0.05, 0.1) is 12.2 Å². The maximum atomic E-state index is 5.52. The molecule has 0 aromatic carbocycles. The number of nitrogens with one attached hydrogen (secondary N) is 1. The number of methoxy groups -OCH3 is 2. The summed E-state index contributed by atoms with van der Waals surface area (Å²) >= 11 is 0. The SMILES string of the molecule is COC1CN(CC2(C(C)C)CCNC2)CC1OC. The average Bonchev–Trinajstić information content (AvgIpc) is 2.96. The average molecular weight is 256 g/mol. The summed E-state index contributed by atoms with van der Waals surface area (Å²) in [5.74, 6) is 0.718. The molecule has 1 N–H and O–H groups in total. The molecule has 18 heavy (non-hydrogen) atoms. The minimum Gasteiger partial charge on any atom is -0.377 e. The standard InChI is InChI=1S/C14H28N2O2/c1-11(2)14(5-6-15-9-14)10-16-7-12(17-3)13(8-16)18-4/h11-13,15H,5-10H2,1-4H3. The van der Waals surface area contributed by atoms with Crippen molar-refractivity contribution in [3.05, 3.63) is 0 Å². The van der Waals surface area contributed by atoms with E-state index in [4.69, 9.17) is 9.47 Å². The van der Waals surface area contributed by atoms with E-state index in [2.05, 4.69) is 24.1 Å². The number of hydrogen-bond donors (Lipinski definition) is 1. The highest BCUT2D eigenvalue weighted by atomic mass is 16.5. The first-order chi connectivity index (χ1) is 8.61. The van der Waals surface area contributed by atoms with Crippen molar-refractivity contribution in [1.82, 2.24) is 10.2 Å². The maximum Gasteiger partial charge on any atom is 0.0971 e. The predicted molar refractivity (Wildman–Crippen MR) is 72.8 cm³/mol. The molecular weight excluding hydrogens is 228 g/mol. The van der Waals surface area contributed by atoms with Gasteiger partial charge in [0.25, 0.3) is 0 Å². The van der Waals surface area contributed by atoms with Crippen LogP contribution in [-0.4, -0.2) is 64.1 Å². The summed E-state index contributed by atoms with van der Waals surface area (Å²) in [5.41, 5.74) is 0.431. The van der Waals surface area contributed by atoms with Crippen LogP contribution in [0.5, 0.6) is 0 Å². The smallest absolute Gasteiger partial charge is 0.0971 e. The van der Waals surface area contributed by atoms with Crippen molar-refractivity contribution < 1.29 is 9.47 Å². The maximum absolute atomic E-state index is 5.52. The van der Waals surface area contributed by atoms with Gasteiger partial charge in [0, 0.05) is 40.4 Å². The minimum absolute atomic E-state index is 0.230. The Labute approximate surface area is 111 Å². The fourth-order valence-electron chi connectivity index (χ4n) is 3.42. The lowest BCUT2D eigenvalue weighted by molar-refractivity contribution is -0.00461. The van der Waals surface area contributed by atoms with Gasteiger partial charge in [-0.1, -0.05) is 13.8 Å². The zero-order valence-corrected chi connectivity index (χ0v) is 12.2. The largest absolute Gasteiger partial charge is 0.377 e. The molecule has 0 aromatic rings. The molecule has 2 saturated heterocycles. The first kappa shape index (κ1) is 14.3. The molecule has 2 heterocycles. The van der Waals surface area contributed by atoms with Gasteiger partial charge in [0.2, 0.25) is 0 Å². The molecule has 2 aliphatic heterocycles. The third-order valence-corrected chi connectivity index (χ3v) is 4.94. The third-order valence-electron chi connectivity index (χ3n) is 4.94. The molecule has 0 spiro atoms. The summed E-state index contributed by atoms with van der Waals surface area (Å²) in [6.45, 7) is 10.2. The van der Waals surface area contributed by atoms with Crippen molar-refractivity contribution in [2.75, 3.05) is 46.9 Å². The zero-order chi connectivity index (χ0) is 13.2. The molecule has 2 rings (SSSR count). The van der Waals surface area contributed by atoms with E-state index in [0.717, 1.165) is 38.6 Å². The number of nitrogens with zero attached hydrogens (tertiary/aromatic N) is 1. The van der Waals surface area contributed by atoms with Gasteiger partial charge in [-0.3, -0.25) is 4.90 Å². The normalized spacial score (nSPS) is 37.8. The van der Waals surface area contributed by atoms with Crippen molar-refractivity contribution in [3.8, 4) is 0 Å². The Balaban J connectivity index is 1.97. The molecule has 3 unspecified atom stereocenters. The van der Waals surface area contributed by atoms with Crippen LogP contribution >= 0.6 is 0 Å². The highest BCUT2D eigenvalue weighted by Gasteiger charge is 2.42. The summed E-state index contributed by atoms with van der Waals surface area (Å²) < 4.78 is 11.0. The molecule has 0 saturated carbocycles. The van der Waals surface area contributed by atoms with Crippen molar-refractivity contribution in [1.29, 1.82) is 0 Å². The Hall–Kier alpha value is -0.160. The first-order valence-electron chi connectivity index (χ1n) is 7.10. The van der Waals surface area contributed by atoms with Crippen LogP contribution in [0.1, 0.15) is 20.3 Å². The van der Waals surface area contributed by atoms with Crippen molar-refractivity contribution in [2.24, 2.45) is 11.3 Å². The summed E-state index contributed by atoms with van der Waals surface area (Å²) in [6.07, 6.45) is 1.75. The van der Waals surface area contributed by atoms with E-state index < -0.39 is 0 Å². The Bertz CT molecular complexity index is 253. The molecule has 0 bridgehead atoms. The Morgan fingerprint density at radius 1 is 1.22 bits per heavy atom. The first-order valence-corrected chi connectivity index (χ1v) is 7.10.